The summed E-state index contributed by atoms with van der Waals surface area (Å²) >= 11 is 3.30. The van der Waals surface area contributed by atoms with Crippen LogP contribution in [0.3, 0.4) is 0 Å². The molecule has 3 amide bonds. The van der Waals surface area contributed by atoms with E-state index in [1.807, 2.05) is 0 Å². The fourth-order valence-electron chi connectivity index (χ4n) is 3.12. The third-order valence-electron chi connectivity index (χ3n) is 4.81. The van der Waals surface area contributed by atoms with Gasteiger partial charge in [0.15, 0.2) is 18.1 Å². The summed E-state index contributed by atoms with van der Waals surface area (Å²) < 4.78 is 16.2. The monoisotopic (exact) mass is 519 g/mol. The van der Waals surface area contributed by atoms with Crippen molar-refractivity contribution in [2.45, 2.75) is 6.42 Å². The van der Waals surface area contributed by atoms with Crippen LogP contribution in [-0.4, -0.2) is 56.1 Å². The molecule has 11 heteroatoms. The molecule has 0 bridgehead atoms. The molecule has 1 atom stereocenters. The molecule has 0 radical (unpaired) electrons. The number of carbonyl (C=O) groups is 4. The Morgan fingerprint density at radius 3 is 2.42 bits per heavy atom. The molecule has 0 saturated carbocycles. The first-order valence-electron chi connectivity index (χ1n) is 9.86. The SMILES string of the molecule is COc1ccc(C(=O)NN2C[C@@H](C(=O)OCC(=O)Nc3ccc(Br)cc3)CC2=O)cc1OC. The average Bonchev–Trinajstić information content (AvgIpc) is 3.18. The van der Waals surface area contributed by atoms with Crippen LogP contribution in [0.15, 0.2) is 46.9 Å². The number of rotatable bonds is 8. The number of hydrazine groups is 1. The van der Waals surface area contributed by atoms with Gasteiger partial charge in [-0.25, -0.2) is 0 Å². The van der Waals surface area contributed by atoms with E-state index in [4.69, 9.17) is 14.2 Å². The molecule has 2 aromatic rings. The number of hydrogen-bond acceptors (Lipinski definition) is 7. The predicted octanol–water partition coefficient (Wildman–Crippen LogP) is 2.14. The summed E-state index contributed by atoms with van der Waals surface area (Å²) in [5.41, 5.74) is 3.28. The second kappa shape index (κ2) is 10.8. The molecule has 2 aromatic carbocycles. The topological polar surface area (TPSA) is 123 Å². The van der Waals surface area contributed by atoms with E-state index in [0.717, 1.165) is 9.48 Å². The van der Waals surface area contributed by atoms with E-state index in [1.165, 1.54) is 26.4 Å². The van der Waals surface area contributed by atoms with Crippen LogP contribution in [0.25, 0.3) is 0 Å². The maximum atomic E-state index is 12.5. The van der Waals surface area contributed by atoms with Crippen molar-refractivity contribution in [3.63, 3.8) is 0 Å². The lowest BCUT2D eigenvalue weighted by Crippen LogP contribution is -2.43. The van der Waals surface area contributed by atoms with Crippen LogP contribution in [0.4, 0.5) is 5.69 Å². The number of amides is 3. The Hall–Kier alpha value is -3.60. The summed E-state index contributed by atoms with van der Waals surface area (Å²) in [6.07, 6.45) is -0.140. The number of hydrogen-bond donors (Lipinski definition) is 2. The first-order chi connectivity index (χ1) is 15.8. The highest BCUT2D eigenvalue weighted by molar-refractivity contribution is 9.10. The molecule has 0 aromatic heterocycles. The molecule has 1 aliphatic heterocycles. The van der Waals surface area contributed by atoms with Gasteiger partial charge in [0.2, 0.25) is 5.91 Å². The van der Waals surface area contributed by atoms with Crippen molar-refractivity contribution in [1.82, 2.24) is 10.4 Å². The molecule has 0 aliphatic carbocycles. The number of anilines is 1. The zero-order valence-corrected chi connectivity index (χ0v) is 19.5. The van der Waals surface area contributed by atoms with Crippen molar-refractivity contribution in [1.29, 1.82) is 0 Å². The summed E-state index contributed by atoms with van der Waals surface area (Å²) in [4.78, 5) is 49.1. The normalized spacial score (nSPS) is 15.1. The Morgan fingerprint density at radius 1 is 1.06 bits per heavy atom. The summed E-state index contributed by atoms with van der Waals surface area (Å²) in [5, 5.41) is 3.67. The molecule has 174 valence electrons. The van der Waals surface area contributed by atoms with Gasteiger partial charge in [0.25, 0.3) is 11.8 Å². The minimum absolute atomic E-state index is 0.0645. The van der Waals surface area contributed by atoms with Crippen LogP contribution in [0.5, 0.6) is 11.5 Å². The van der Waals surface area contributed by atoms with E-state index in [1.54, 1.807) is 30.3 Å². The number of esters is 1. The second-order valence-corrected chi connectivity index (χ2v) is 7.99. The number of carbonyl (C=O) groups excluding carboxylic acids is 4. The van der Waals surface area contributed by atoms with E-state index in [2.05, 4.69) is 26.7 Å². The molecular formula is C22H22BrN3O7. The molecule has 3 rings (SSSR count). The van der Waals surface area contributed by atoms with Gasteiger partial charge in [0.05, 0.1) is 26.7 Å². The van der Waals surface area contributed by atoms with Crippen molar-refractivity contribution in [2.75, 3.05) is 32.7 Å². The summed E-state index contributed by atoms with van der Waals surface area (Å²) in [5.74, 6) is -2.18. The molecule has 2 N–H and O–H groups in total. The number of halogens is 1. The van der Waals surface area contributed by atoms with Crippen LogP contribution < -0.4 is 20.2 Å². The fourth-order valence-corrected chi connectivity index (χ4v) is 3.39. The van der Waals surface area contributed by atoms with E-state index in [9.17, 15) is 19.2 Å². The molecule has 0 unspecified atom stereocenters. The van der Waals surface area contributed by atoms with E-state index < -0.39 is 36.2 Å². The molecule has 0 spiro atoms. The maximum Gasteiger partial charge on any atom is 0.311 e. The van der Waals surface area contributed by atoms with Crippen molar-refractivity contribution >= 4 is 45.3 Å². The zero-order valence-electron chi connectivity index (χ0n) is 17.9. The summed E-state index contributed by atoms with van der Waals surface area (Å²) in [6.45, 7) is -0.553. The standard InChI is InChI=1S/C22H22BrN3O7/c1-31-17-8-3-13(9-18(17)32-2)21(29)25-26-11-14(10-20(26)28)22(30)33-12-19(27)24-16-6-4-15(23)5-7-16/h3-9,14H,10-12H2,1-2H3,(H,24,27)(H,25,29)/t14-/m0/s1. The van der Waals surface area contributed by atoms with Crippen molar-refractivity contribution in [3.8, 4) is 11.5 Å². The van der Waals surface area contributed by atoms with Crippen molar-refractivity contribution in [2.24, 2.45) is 5.92 Å². The van der Waals surface area contributed by atoms with Gasteiger partial charge in [-0.15, -0.1) is 0 Å². The van der Waals surface area contributed by atoms with Gasteiger partial charge in [-0.2, -0.15) is 0 Å². The minimum atomic E-state index is -0.802. The Bertz CT molecular complexity index is 1060. The molecule has 1 fully saturated rings. The van der Waals surface area contributed by atoms with E-state index in [-0.39, 0.29) is 18.5 Å². The number of nitrogens with zero attached hydrogens (tertiary/aromatic N) is 1. The number of nitrogens with one attached hydrogen (secondary N) is 2. The van der Waals surface area contributed by atoms with Crippen LogP contribution >= 0.6 is 15.9 Å². The first kappa shape index (κ1) is 24.1. The fraction of sp³-hybridized carbons (Fsp3) is 0.273. The van der Waals surface area contributed by atoms with E-state index >= 15 is 0 Å². The molecule has 1 heterocycles. The highest BCUT2D eigenvalue weighted by atomic mass is 79.9. The van der Waals surface area contributed by atoms with Crippen LogP contribution in [0, 0.1) is 5.92 Å². The molecule has 33 heavy (non-hydrogen) atoms. The highest BCUT2D eigenvalue weighted by Gasteiger charge is 2.36. The maximum absolute atomic E-state index is 12.5. The largest absolute Gasteiger partial charge is 0.493 e. The van der Waals surface area contributed by atoms with Crippen LogP contribution in [0.2, 0.25) is 0 Å². The van der Waals surface area contributed by atoms with Gasteiger partial charge in [0.1, 0.15) is 0 Å². The van der Waals surface area contributed by atoms with Crippen LogP contribution in [0.1, 0.15) is 16.8 Å². The first-order valence-corrected chi connectivity index (χ1v) is 10.7. The third kappa shape index (κ3) is 6.22. The Morgan fingerprint density at radius 2 is 1.76 bits per heavy atom. The molecule has 1 aliphatic rings. The molecular weight excluding hydrogens is 498 g/mol. The van der Waals surface area contributed by atoms with Gasteiger partial charge >= 0.3 is 5.97 Å². The Labute approximate surface area is 198 Å². The lowest BCUT2D eigenvalue weighted by Gasteiger charge is -2.18. The van der Waals surface area contributed by atoms with Gasteiger partial charge in [0, 0.05) is 22.1 Å². The van der Waals surface area contributed by atoms with Gasteiger partial charge in [-0.3, -0.25) is 29.6 Å². The van der Waals surface area contributed by atoms with Crippen molar-refractivity contribution in [3.05, 3.63) is 52.5 Å². The zero-order chi connectivity index (χ0) is 24.0. The van der Waals surface area contributed by atoms with Crippen LogP contribution in [-0.2, 0) is 19.1 Å². The van der Waals surface area contributed by atoms with E-state index in [0.29, 0.717) is 17.2 Å². The minimum Gasteiger partial charge on any atom is -0.493 e. The number of methoxy groups -OCH3 is 2. The highest BCUT2D eigenvalue weighted by Crippen LogP contribution is 2.27. The smallest absolute Gasteiger partial charge is 0.311 e. The molecule has 1 saturated heterocycles. The third-order valence-corrected chi connectivity index (χ3v) is 5.34. The predicted molar refractivity (Wildman–Crippen MR) is 121 cm³/mol. The van der Waals surface area contributed by atoms with Crippen molar-refractivity contribution < 1.29 is 33.4 Å². The molecule has 10 nitrogen and oxygen atoms in total. The summed E-state index contributed by atoms with van der Waals surface area (Å²) in [6, 6.07) is 11.5. The Kier molecular flexibility index (Phi) is 7.88. The second-order valence-electron chi connectivity index (χ2n) is 7.08. The quantitative estimate of drug-likeness (QED) is 0.512. The lowest BCUT2D eigenvalue weighted by molar-refractivity contribution is -0.151. The Balaban J connectivity index is 1.50. The summed E-state index contributed by atoms with van der Waals surface area (Å²) in [7, 11) is 2.92. The van der Waals surface area contributed by atoms with Gasteiger partial charge in [-0.1, -0.05) is 15.9 Å². The van der Waals surface area contributed by atoms with Gasteiger partial charge in [-0.05, 0) is 42.5 Å². The number of benzene rings is 2. The number of ether oxygens (including phenoxy) is 3. The lowest BCUT2D eigenvalue weighted by atomic mass is 10.1. The average molecular weight is 520 g/mol. The van der Waals surface area contributed by atoms with Gasteiger partial charge < -0.3 is 19.5 Å².